The van der Waals surface area contributed by atoms with Crippen LogP contribution in [0.5, 0.6) is 0 Å². The van der Waals surface area contributed by atoms with Crippen LogP contribution in [-0.2, 0) is 16.0 Å². The van der Waals surface area contributed by atoms with Crippen LogP contribution < -0.4 is 0 Å². The first-order chi connectivity index (χ1) is 14.5. The smallest absolute Gasteiger partial charge is 0.295 e. The Bertz CT molecular complexity index is 984. The van der Waals surface area contributed by atoms with Crippen molar-refractivity contribution in [1.82, 2.24) is 4.90 Å². The van der Waals surface area contributed by atoms with Gasteiger partial charge in [0.15, 0.2) is 0 Å². The van der Waals surface area contributed by atoms with Gasteiger partial charge in [-0.05, 0) is 42.9 Å². The number of nitrogens with zero attached hydrogens (tertiary/aromatic N) is 1. The zero-order valence-corrected chi connectivity index (χ0v) is 17.7. The van der Waals surface area contributed by atoms with E-state index in [0.29, 0.717) is 5.56 Å². The third-order valence-corrected chi connectivity index (χ3v) is 6.57. The first-order valence-electron chi connectivity index (χ1n) is 11.0. The van der Waals surface area contributed by atoms with Crippen molar-refractivity contribution < 1.29 is 14.7 Å². The molecule has 1 N–H and O–H groups in total. The number of rotatable bonds is 4. The lowest BCUT2D eigenvalue weighted by molar-refractivity contribution is -0.141. The Kier molecular flexibility index (Phi) is 5.76. The van der Waals surface area contributed by atoms with E-state index in [2.05, 4.69) is 6.92 Å². The second kappa shape index (κ2) is 8.47. The fraction of sp³-hybridized carbons (Fsp3) is 0.385. The van der Waals surface area contributed by atoms with E-state index in [1.54, 1.807) is 4.90 Å². The summed E-state index contributed by atoms with van der Waals surface area (Å²) >= 11 is 0. The Morgan fingerprint density at radius 1 is 1.00 bits per heavy atom. The molecule has 4 rings (SSSR count). The molecule has 1 unspecified atom stereocenters. The number of benzene rings is 2. The van der Waals surface area contributed by atoms with Crippen molar-refractivity contribution in [1.29, 1.82) is 0 Å². The highest BCUT2D eigenvalue weighted by Crippen LogP contribution is 2.43. The van der Waals surface area contributed by atoms with Gasteiger partial charge in [0.2, 0.25) is 0 Å². The van der Waals surface area contributed by atoms with E-state index in [4.69, 9.17) is 0 Å². The standard InChI is InChI=1S/C26H29NO3/c1-3-18-13-15-19(16-14-18)24(28)22-23(21-12-8-7-9-17(21)2)27(26(30)25(22)29)20-10-5-4-6-11-20/h7-9,12-16,20,23,28H,3-6,10-11H2,1-2H3/b24-22-. The van der Waals surface area contributed by atoms with Crippen molar-refractivity contribution in [2.24, 2.45) is 0 Å². The minimum atomic E-state index is -0.578. The van der Waals surface area contributed by atoms with E-state index in [1.807, 2.05) is 55.5 Å². The molecule has 4 nitrogen and oxygen atoms in total. The van der Waals surface area contributed by atoms with Gasteiger partial charge in [-0.15, -0.1) is 0 Å². The number of hydrogen-bond acceptors (Lipinski definition) is 3. The molecule has 2 aromatic rings. The van der Waals surface area contributed by atoms with Gasteiger partial charge in [0.1, 0.15) is 5.76 Å². The summed E-state index contributed by atoms with van der Waals surface area (Å²) in [7, 11) is 0. The first kappa shape index (κ1) is 20.4. The molecular weight excluding hydrogens is 374 g/mol. The summed E-state index contributed by atoms with van der Waals surface area (Å²) in [4.78, 5) is 28.1. The minimum absolute atomic E-state index is 0.0348. The largest absolute Gasteiger partial charge is 0.507 e. The predicted molar refractivity (Wildman–Crippen MR) is 118 cm³/mol. The molecular formula is C26H29NO3. The van der Waals surface area contributed by atoms with Crippen LogP contribution in [0.3, 0.4) is 0 Å². The Labute approximate surface area is 178 Å². The maximum absolute atomic E-state index is 13.2. The molecule has 156 valence electrons. The lowest BCUT2D eigenvalue weighted by atomic mass is 9.89. The Morgan fingerprint density at radius 3 is 2.30 bits per heavy atom. The third kappa shape index (κ3) is 3.55. The topological polar surface area (TPSA) is 57.6 Å². The van der Waals surface area contributed by atoms with E-state index in [-0.39, 0.29) is 17.4 Å². The average Bonchev–Trinajstić information content (AvgIpc) is 3.04. The molecule has 1 heterocycles. The fourth-order valence-electron chi connectivity index (χ4n) is 4.84. The van der Waals surface area contributed by atoms with Gasteiger partial charge in [0.05, 0.1) is 11.6 Å². The lowest BCUT2D eigenvalue weighted by Crippen LogP contribution is -2.40. The molecule has 2 fully saturated rings. The molecule has 2 aromatic carbocycles. The molecule has 1 saturated heterocycles. The van der Waals surface area contributed by atoms with E-state index < -0.39 is 17.7 Å². The second-order valence-corrected chi connectivity index (χ2v) is 8.41. The maximum atomic E-state index is 13.2. The van der Waals surface area contributed by atoms with E-state index >= 15 is 0 Å². The Hall–Kier alpha value is -2.88. The van der Waals surface area contributed by atoms with Crippen LogP contribution >= 0.6 is 0 Å². The molecule has 0 spiro atoms. The molecule has 1 aliphatic heterocycles. The molecule has 30 heavy (non-hydrogen) atoms. The second-order valence-electron chi connectivity index (χ2n) is 8.41. The summed E-state index contributed by atoms with van der Waals surface area (Å²) in [5.74, 6) is -1.14. The lowest BCUT2D eigenvalue weighted by Gasteiger charge is -2.36. The van der Waals surface area contributed by atoms with E-state index in [0.717, 1.165) is 48.8 Å². The van der Waals surface area contributed by atoms with Crippen molar-refractivity contribution in [3.05, 3.63) is 76.4 Å². The van der Waals surface area contributed by atoms with Gasteiger partial charge in [0.25, 0.3) is 11.7 Å². The molecule has 0 radical (unpaired) electrons. The number of amides is 1. The highest BCUT2D eigenvalue weighted by atomic mass is 16.3. The number of carbonyl (C=O) groups excluding carboxylic acids is 2. The highest BCUT2D eigenvalue weighted by molar-refractivity contribution is 6.46. The summed E-state index contributed by atoms with van der Waals surface area (Å²) in [5.41, 5.74) is 3.87. The number of ketones is 1. The zero-order valence-electron chi connectivity index (χ0n) is 17.7. The quantitative estimate of drug-likeness (QED) is 0.427. The van der Waals surface area contributed by atoms with Gasteiger partial charge in [-0.1, -0.05) is 74.7 Å². The number of aliphatic hydroxyl groups excluding tert-OH is 1. The summed E-state index contributed by atoms with van der Waals surface area (Å²) in [5, 5.41) is 11.2. The minimum Gasteiger partial charge on any atom is -0.507 e. The van der Waals surface area contributed by atoms with Gasteiger partial charge in [0, 0.05) is 11.6 Å². The van der Waals surface area contributed by atoms with Crippen molar-refractivity contribution in [2.45, 2.75) is 64.5 Å². The van der Waals surface area contributed by atoms with Gasteiger partial charge < -0.3 is 10.0 Å². The summed E-state index contributed by atoms with van der Waals surface area (Å²) < 4.78 is 0. The van der Waals surface area contributed by atoms with Crippen molar-refractivity contribution in [3.63, 3.8) is 0 Å². The summed E-state index contributed by atoms with van der Waals surface area (Å²) in [6, 6.07) is 14.9. The summed E-state index contributed by atoms with van der Waals surface area (Å²) in [6.07, 6.45) is 6.00. The first-order valence-corrected chi connectivity index (χ1v) is 11.0. The number of carbonyl (C=O) groups is 2. The fourth-order valence-corrected chi connectivity index (χ4v) is 4.84. The van der Waals surface area contributed by atoms with Crippen LogP contribution in [0.4, 0.5) is 0 Å². The highest BCUT2D eigenvalue weighted by Gasteiger charge is 2.49. The molecule has 1 saturated carbocycles. The monoisotopic (exact) mass is 403 g/mol. The van der Waals surface area contributed by atoms with E-state index in [9.17, 15) is 14.7 Å². The number of likely N-dealkylation sites (tertiary alicyclic amines) is 1. The Balaban J connectivity index is 1.87. The van der Waals surface area contributed by atoms with Crippen LogP contribution in [0.2, 0.25) is 0 Å². The summed E-state index contributed by atoms with van der Waals surface area (Å²) in [6.45, 7) is 4.06. The predicted octanol–water partition coefficient (Wildman–Crippen LogP) is 5.31. The number of aryl methyl sites for hydroxylation is 2. The van der Waals surface area contributed by atoms with Crippen molar-refractivity contribution in [2.75, 3.05) is 0 Å². The maximum Gasteiger partial charge on any atom is 0.295 e. The van der Waals surface area contributed by atoms with Gasteiger partial charge in [-0.2, -0.15) is 0 Å². The van der Waals surface area contributed by atoms with Crippen LogP contribution in [0.25, 0.3) is 5.76 Å². The molecule has 0 bridgehead atoms. The Morgan fingerprint density at radius 2 is 1.67 bits per heavy atom. The number of hydrogen-bond donors (Lipinski definition) is 1. The molecule has 0 aromatic heterocycles. The SMILES string of the molecule is CCc1ccc(/C(O)=C2/C(=O)C(=O)N(C3CCCCC3)C2c2ccccc2C)cc1. The molecule has 4 heteroatoms. The average molecular weight is 404 g/mol. The van der Waals surface area contributed by atoms with Crippen molar-refractivity contribution >= 4 is 17.4 Å². The number of Topliss-reactive ketones (excluding diaryl/α,β-unsaturated/α-hetero) is 1. The van der Waals surface area contributed by atoms with Crippen LogP contribution in [-0.4, -0.2) is 27.7 Å². The van der Waals surface area contributed by atoms with Crippen molar-refractivity contribution in [3.8, 4) is 0 Å². The molecule has 1 atom stereocenters. The molecule has 2 aliphatic rings. The van der Waals surface area contributed by atoms with Gasteiger partial charge >= 0.3 is 0 Å². The normalized spacial score (nSPS) is 21.9. The number of aliphatic hydroxyl groups is 1. The molecule has 1 aliphatic carbocycles. The van der Waals surface area contributed by atoms with E-state index in [1.165, 1.54) is 6.42 Å². The van der Waals surface area contributed by atoms with Crippen LogP contribution in [0, 0.1) is 6.92 Å². The third-order valence-electron chi connectivity index (χ3n) is 6.57. The van der Waals surface area contributed by atoms with Crippen LogP contribution in [0.15, 0.2) is 54.1 Å². The zero-order chi connectivity index (χ0) is 21.3. The molecule has 1 amide bonds. The van der Waals surface area contributed by atoms with Crippen LogP contribution in [0.1, 0.15) is 67.3 Å². The van der Waals surface area contributed by atoms with Gasteiger partial charge in [-0.3, -0.25) is 9.59 Å². The van der Waals surface area contributed by atoms with Gasteiger partial charge in [-0.25, -0.2) is 0 Å².